The van der Waals surface area contributed by atoms with E-state index in [1.807, 2.05) is 36.4 Å². The van der Waals surface area contributed by atoms with Crippen molar-refractivity contribution in [1.82, 2.24) is 15.7 Å². The van der Waals surface area contributed by atoms with Gasteiger partial charge in [-0.1, -0.05) is 18.2 Å². The molecule has 0 spiro atoms. The van der Waals surface area contributed by atoms with Crippen LogP contribution in [-0.4, -0.2) is 39.3 Å². The number of benzene rings is 2. The summed E-state index contributed by atoms with van der Waals surface area (Å²) in [7, 11) is 0. The van der Waals surface area contributed by atoms with Gasteiger partial charge in [-0.15, -0.1) is 11.8 Å². The molecule has 0 unspecified atom stereocenters. The zero-order valence-corrected chi connectivity index (χ0v) is 18.1. The molecule has 9 heteroatoms. The van der Waals surface area contributed by atoms with Crippen molar-refractivity contribution in [3.05, 3.63) is 78.1 Å². The molecule has 32 heavy (non-hydrogen) atoms. The largest absolute Gasteiger partial charge is 0.508 e. The molecule has 1 aromatic heterocycles. The van der Waals surface area contributed by atoms with Gasteiger partial charge < -0.3 is 15.5 Å². The minimum Gasteiger partial charge on any atom is -0.508 e. The monoisotopic (exact) mass is 452 g/mol. The molecule has 0 saturated heterocycles. The van der Waals surface area contributed by atoms with Gasteiger partial charge in [-0.25, -0.2) is 0 Å². The SMILES string of the molecule is O=C(NCCSc1cc(O)ccc1O)C(=O)NNc1ccccc1CCc1ccncc1. The second kappa shape index (κ2) is 11.6. The van der Waals surface area contributed by atoms with Crippen molar-refractivity contribution < 1.29 is 19.8 Å². The Morgan fingerprint density at radius 2 is 1.72 bits per heavy atom. The third-order valence-electron chi connectivity index (χ3n) is 4.56. The lowest BCUT2D eigenvalue weighted by Gasteiger charge is -2.13. The zero-order valence-electron chi connectivity index (χ0n) is 17.2. The van der Waals surface area contributed by atoms with E-state index in [9.17, 15) is 19.8 Å². The molecule has 0 aliphatic carbocycles. The average Bonchev–Trinajstić information content (AvgIpc) is 2.82. The number of phenols is 2. The molecule has 0 aliphatic heterocycles. The van der Waals surface area contributed by atoms with Crippen molar-refractivity contribution in [3.8, 4) is 11.5 Å². The number of pyridine rings is 1. The number of nitrogens with one attached hydrogen (secondary N) is 3. The van der Waals surface area contributed by atoms with E-state index in [4.69, 9.17) is 0 Å². The van der Waals surface area contributed by atoms with E-state index in [2.05, 4.69) is 21.2 Å². The minimum absolute atomic E-state index is 0.0424. The molecule has 5 N–H and O–H groups in total. The quantitative estimate of drug-likeness (QED) is 0.111. The molecule has 0 fully saturated rings. The predicted octanol–water partition coefficient (Wildman–Crippen LogP) is 2.63. The lowest BCUT2D eigenvalue weighted by Crippen LogP contribution is -2.43. The van der Waals surface area contributed by atoms with Gasteiger partial charge in [-0.2, -0.15) is 0 Å². The molecule has 0 radical (unpaired) electrons. The number of nitrogens with zero attached hydrogens (tertiary/aromatic N) is 1. The second-order valence-corrected chi connectivity index (χ2v) is 7.98. The van der Waals surface area contributed by atoms with Crippen molar-refractivity contribution in [2.45, 2.75) is 17.7 Å². The first-order chi connectivity index (χ1) is 15.5. The van der Waals surface area contributed by atoms with Crippen LogP contribution in [0.1, 0.15) is 11.1 Å². The Morgan fingerprint density at radius 3 is 2.53 bits per heavy atom. The van der Waals surface area contributed by atoms with E-state index in [1.54, 1.807) is 12.4 Å². The average molecular weight is 453 g/mol. The third kappa shape index (κ3) is 6.92. The van der Waals surface area contributed by atoms with Gasteiger partial charge in [-0.3, -0.25) is 25.4 Å². The zero-order chi connectivity index (χ0) is 22.8. The van der Waals surface area contributed by atoms with Gasteiger partial charge in [-0.05, 0) is 60.4 Å². The maximum atomic E-state index is 12.1. The van der Waals surface area contributed by atoms with Crippen molar-refractivity contribution in [2.75, 3.05) is 17.7 Å². The van der Waals surface area contributed by atoms with Crippen LogP contribution >= 0.6 is 11.8 Å². The maximum Gasteiger partial charge on any atom is 0.327 e. The molecule has 8 nitrogen and oxygen atoms in total. The van der Waals surface area contributed by atoms with Crippen LogP contribution in [0.25, 0.3) is 0 Å². The summed E-state index contributed by atoms with van der Waals surface area (Å²) < 4.78 is 0. The summed E-state index contributed by atoms with van der Waals surface area (Å²) in [4.78, 5) is 28.6. The Hall–Kier alpha value is -3.72. The van der Waals surface area contributed by atoms with Crippen molar-refractivity contribution in [3.63, 3.8) is 0 Å². The smallest absolute Gasteiger partial charge is 0.327 e. The number of phenolic OH excluding ortho intramolecular Hbond substituents is 2. The van der Waals surface area contributed by atoms with Crippen LogP contribution in [0.3, 0.4) is 0 Å². The maximum absolute atomic E-state index is 12.1. The summed E-state index contributed by atoms with van der Waals surface area (Å²) in [5.74, 6) is -1.07. The molecule has 2 amide bonds. The summed E-state index contributed by atoms with van der Waals surface area (Å²) in [5, 5.41) is 21.7. The lowest BCUT2D eigenvalue weighted by molar-refractivity contribution is -0.138. The van der Waals surface area contributed by atoms with E-state index in [1.165, 1.54) is 30.0 Å². The topological polar surface area (TPSA) is 124 Å². The van der Waals surface area contributed by atoms with Gasteiger partial charge in [0.15, 0.2) is 0 Å². The number of carbonyl (C=O) groups is 2. The number of rotatable bonds is 9. The highest BCUT2D eigenvalue weighted by atomic mass is 32.2. The van der Waals surface area contributed by atoms with Crippen molar-refractivity contribution >= 4 is 29.3 Å². The Balaban J connectivity index is 1.43. The summed E-state index contributed by atoms with van der Waals surface area (Å²) >= 11 is 1.25. The van der Waals surface area contributed by atoms with Gasteiger partial charge >= 0.3 is 11.8 Å². The molecule has 2 aromatic carbocycles. The van der Waals surface area contributed by atoms with Crippen LogP contribution in [-0.2, 0) is 22.4 Å². The summed E-state index contributed by atoms with van der Waals surface area (Å²) in [6, 6.07) is 15.7. The molecule has 3 aromatic rings. The van der Waals surface area contributed by atoms with Crippen LogP contribution in [0.15, 0.2) is 71.9 Å². The third-order valence-corrected chi connectivity index (χ3v) is 5.60. The molecule has 166 valence electrons. The highest BCUT2D eigenvalue weighted by Gasteiger charge is 2.13. The number of para-hydroxylation sites is 1. The standard InChI is InChI=1S/C23H24N4O4S/c28-18-7-8-20(29)21(15-18)32-14-13-25-22(30)23(31)27-26-19-4-2-1-3-17(19)6-5-16-9-11-24-12-10-16/h1-4,7-12,15,26,28-29H,5-6,13-14H2,(H,25,30)(H,27,31). The van der Waals surface area contributed by atoms with Crippen LogP contribution in [0.5, 0.6) is 11.5 Å². The molecular formula is C23H24N4O4S. The van der Waals surface area contributed by atoms with Crippen molar-refractivity contribution in [2.24, 2.45) is 0 Å². The van der Waals surface area contributed by atoms with E-state index in [-0.39, 0.29) is 18.0 Å². The van der Waals surface area contributed by atoms with Crippen LogP contribution in [0.2, 0.25) is 0 Å². The number of hydrazine groups is 1. The predicted molar refractivity (Wildman–Crippen MR) is 123 cm³/mol. The Labute approximate surface area is 190 Å². The summed E-state index contributed by atoms with van der Waals surface area (Å²) in [6.07, 6.45) is 5.09. The molecular weight excluding hydrogens is 428 g/mol. The number of hydrogen-bond acceptors (Lipinski definition) is 7. The number of thioether (sulfide) groups is 1. The van der Waals surface area contributed by atoms with Crippen LogP contribution < -0.4 is 16.2 Å². The summed E-state index contributed by atoms with van der Waals surface area (Å²) in [6.45, 7) is 0.217. The molecule has 1 heterocycles. The number of amides is 2. The van der Waals surface area contributed by atoms with Crippen LogP contribution in [0.4, 0.5) is 5.69 Å². The number of carbonyl (C=O) groups excluding carboxylic acids is 2. The fraction of sp³-hybridized carbons (Fsp3) is 0.174. The highest BCUT2D eigenvalue weighted by molar-refractivity contribution is 7.99. The molecule has 0 saturated carbocycles. The second-order valence-electron chi connectivity index (χ2n) is 6.85. The van der Waals surface area contributed by atoms with Gasteiger partial charge in [0.2, 0.25) is 0 Å². The van der Waals surface area contributed by atoms with E-state index >= 15 is 0 Å². The number of aryl methyl sites for hydroxylation is 2. The van der Waals surface area contributed by atoms with Gasteiger partial charge in [0.05, 0.1) is 10.6 Å². The Bertz CT molecular complexity index is 1060. The Kier molecular flexibility index (Phi) is 8.33. The number of anilines is 1. The first-order valence-corrected chi connectivity index (χ1v) is 11.0. The fourth-order valence-electron chi connectivity index (χ4n) is 2.89. The lowest BCUT2D eigenvalue weighted by atomic mass is 10.0. The fourth-order valence-corrected chi connectivity index (χ4v) is 3.74. The first-order valence-electron chi connectivity index (χ1n) is 9.98. The van der Waals surface area contributed by atoms with Gasteiger partial charge in [0, 0.05) is 24.7 Å². The van der Waals surface area contributed by atoms with Gasteiger partial charge in [0.1, 0.15) is 11.5 Å². The number of aromatic nitrogens is 1. The summed E-state index contributed by atoms with van der Waals surface area (Å²) in [5.41, 5.74) is 8.13. The Morgan fingerprint density at radius 1 is 0.938 bits per heavy atom. The molecule has 0 atom stereocenters. The molecule has 0 bridgehead atoms. The van der Waals surface area contributed by atoms with E-state index in [0.29, 0.717) is 10.6 Å². The molecule has 0 aliphatic rings. The highest BCUT2D eigenvalue weighted by Crippen LogP contribution is 2.31. The first kappa shape index (κ1) is 23.0. The van der Waals surface area contributed by atoms with Crippen molar-refractivity contribution in [1.29, 1.82) is 0 Å². The van der Waals surface area contributed by atoms with Gasteiger partial charge in [0.25, 0.3) is 0 Å². The van der Waals surface area contributed by atoms with E-state index in [0.717, 1.165) is 29.7 Å². The molecule has 3 rings (SSSR count). The van der Waals surface area contributed by atoms with E-state index < -0.39 is 11.8 Å². The number of aromatic hydroxyl groups is 2. The normalized spacial score (nSPS) is 10.4. The minimum atomic E-state index is -0.806. The number of hydrogen-bond donors (Lipinski definition) is 5. The van der Waals surface area contributed by atoms with Crippen LogP contribution in [0, 0.1) is 0 Å².